The Morgan fingerprint density at radius 1 is 1.18 bits per heavy atom. The van der Waals surface area contributed by atoms with E-state index in [4.69, 9.17) is 23.2 Å². The molecule has 1 aromatic carbocycles. The molecule has 0 aliphatic rings. The number of anilines is 1. The fraction of sp³-hybridized carbons (Fsp3) is 0.0526. The molecule has 0 fully saturated rings. The lowest BCUT2D eigenvalue weighted by molar-refractivity contribution is 1.10. The number of nitrogens with zero attached hydrogens (tertiary/aromatic N) is 4. The van der Waals surface area contributed by atoms with Crippen LogP contribution in [0.3, 0.4) is 0 Å². The highest BCUT2D eigenvalue weighted by molar-refractivity contribution is 7.19. The van der Waals surface area contributed by atoms with Crippen LogP contribution in [-0.4, -0.2) is 27.2 Å². The molecule has 0 saturated heterocycles. The number of nitrogens with one attached hydrogen (secondary N) is 2. The van der Waals surface area contributed by atoms with Crippen molar-refractivity contribution in [2.45, 2.75) is 0 Å². The number of aromatic amines is 1. The van der Waals surface area contributed by atoms with Gasteiger partial charge in [0.25, 0.3) is 0 Å². The summed E-state index contributed by atoms with van der Waals surface area (Å²) in [7, 11) is 1.80. The summed E-state index contributed by atoms with van der Waals surface area (Å²) >= 11 is 14.0. The van der Waals surface area contributed by atoms with Gasteiger partial charge in [-0.3, -0.25) is 0 Å². The Labute approximate surface area is 174 Å². The van der Waals surface area contributed by atoms with Gasteiger partial charge in [-0.2, -0.15) is 5.26 Å². The van der Waals surface area contributed by atoms with E-state index in [9.17, 15) is 5.26 Å². The normalized spacial score (nSPS) is 10.6. The van der Waals surface area contributed by atoms with Crippen LogP contribution in [0.5, 0.6) is 0 Å². The molecule has 28 heavy (non-hydrogen) atoms. The van der Waals surface area contributed by atoms with E-state index in [1.165, 1.54) is 17.7 Å². The van der Waals surface area contributed by atoms with Crippen molar-refractivity contribution in [2.24, 2.45) is 0 Å². The molecule has 0 bridgehead atoms. The molecule has 9 heteroatoms. The minimum atomic E-state index is 0.458. The fourth-order valence-electron chi connectivity index (χ4n) is 2.88. The molecule has 0 saturated carbocycles. The molecule has 0 unspecified atom stereocenters. The van der Waals surface area contributed by atoms with E-state index in [0.717, 1.165) is 15.3 Å². The number of pyridine rings is 1. The molecular weight excluding hydrogens is 415 g/mol. The molecule has 4 rings (SSSR count). The highest BCUT2D eigenvalue weighted by Gasteiger charge is 2.25. The topological polar surface area (TPSA) is 90.3 Å². The standard InChI is InChI=1S/C19H12Cl2N6S/c1-23-15-6-10(4-5-24-15)17-13(8-22)16(12-3-2-11(20)7-14(12)21)18(28-17)19-25-9-26-27-19/h2-7,9H,1H3,(H,23,24)(H,25,26,27). The molecule has 6 nitrogen and oxygen atoms in total. The average Bonchev–Trinajstić information content (AvgIpc) is 3.35. The first kappa shape index (κ1) is 18.4. The fourth-order valence-corrected chi connectivity index (χ4v) is 4.59. The Morgan fingerprint density at radius 3 is 2.71 bits per heavy atom. The van der Waals surface area contributed by atoms with E-state index in [1.807, 2.05) is 18.2 Å². The number of thiophene rings is 1. The van der Waals surface area contributed by atoms with E-state index in [2.05, 4.69) is 31.6 Å². The van der Waals surface area contributed by atoms with E-state index in [-0.39, 0.29) is 0 Å². The first-order chi connectivity index (χ1) is 13.6. The molecule has 0 aliphatic carbocycles. The lowest BCUT2D eigenvalue weighted by Gasteiger charge is -2.07. The summed E-state index contributed by atoms with van der Waals surface area (Å²) in [5.74, 6) is 1.28. The van der Waals surface area contributed by atoms with Gasteiger partial charge in [0.1, 0.15) is 18.2 Å². The van der Waals surface area contributed by atoms with Crippen LogP contribution in [0.15, 0.2) is 42.9 Å². The number of hydrogen-bond donors (Lipinski definition) is 2. The molecule has 3 heterocycles. The van der Waals surface area contributed by atoms with Crippen molar-refractivity contribution in [1.82, 2.24) is 20.2 Å². The first-order valence-electron chi connectivity index (χ1n) is 8.15. The zero-order chi connectivity index (χ0) is 19.7. The Balaban J connectivity index is 2.03. The number of aromatic nitrogens is 4. The van der Waals surface area contributed by atoms with Gasteiger partial charge in [-0.05, 0) is 29.8 Å². The van der Waals surface area contributed by atoms with Crippen molar-refractivity contribution in [3.63, 3.8) is 0 Å². The van der Waals surface area contributed by atoms with Crippen molar-refractivity contribution in [2.75, 3.05) is 12.4 Å². The Kier molecular flexibility index (Phi) is 5.01. The summed E-state index contributed by atoms with van der Waals surface area (Å²) in [6, 6.07) is 11.3. The molecule has 0 spiro atoms. The minimum absolute atomic E-state index is 0.458. The number of halogens is 2. The summed E-state index contributed by atoms with van der Waals surface area (Å²) in [5, 5.41) is 22.0. The first-order valence-corrected chi connectivity index (χ1v) is 9.72. The molecule has 138 valence electrons. The van der Waals surface area contributed by atoms with E-state index >= 15 is 0 Å². The van der Waals surface area contributed by atoms with Crippen molar-refractivity contribution in [3.05, 3.63) is 58.5 Å². The zero-order valence-corrected chi connectivity index (χ0v) is 16.8. The summed E-state index contributed by atoms with van der Waals surface area (Å²) < 4.78 is 0. The second-order valence-electron chi connectivity index (χ2n) is 5.76. The van der Waals surface area contributed by atoms with Gasteiger partial charge in [-0.1, -0.05) is 29.3 Å². The molecule has 0 aliphatic heterocycles. The zero-order valence-electron chi connectivity index (χ0n) is 14.5. The summed E-state index contributed by atoms with van der Waals surface area (Å²) in [4.78, 5) is 8.84. The highest BCUT2D eigenvalue weighted by atomic mass is 35.5. The van der Waals surface area contributed by atoms with Crippen LogP contribution in [-0.2, 0) is 0 Å². The second-order valence-corrected chi connectivity index (χ2v) is 7.63. The number of H-pyrrole nitrogens is 1. The minimum Gasteiger partial charge on any atom is -0.373 e. The van der Waals surface area contributed by atoms with Crippen LogP contribution >= 0.6 is 34.5 Å². The maximum absolute atomic E-state index is 10.0. The second kappa shape index (κ2) is 7.60. The third-order valence-corrected chi connectivity index (χ3v) is 5.92. The summed E-state index contributed by atoms with van der Waals surface area (Å²) in [6.07, 6.45) is 3.20. The average molecular weight is 427 g/mol. The van der Waals surface area contributed by atoms with Gasteiger partial charge in [-0.25, -0.2) is 4.98 Å². The Bertz CT molecular complexity index is 1190. The van der Waals surface area contributed by atoms with Gasteiger partial charge < -0.3 is 10.3 Å². The molecule has 3 aromatic heterocycles. The largest absolute Gasteiger partial charge is 0.373 e. The number of benzene rings is 1. The Hall–Kier alpha value is -2.92. The predicted octanol–water partition coefficient (Wildman–Crippen LogP) is 5.48. The van der Waals surface area contributed by atoms with Crippen molar-refractivity contribution >= 4 is 40.4 Å². The quantitative estimate of drug-likeness (QED) is 0.450. The van der Waals surface area contributed by atoms with Crippen LogP contribution in [0.4, 0.5) is 5.82 Å². The lowest BCUT2D eigenvalue weighted by Crippen LogP contribution is -1.92. The van der Waals surface area contributed by atoms with Crippen molar-refractivity contribution in [1.29, 1.82) is 5.26 Å². The summed E-state index contributed by atoms with van der Waals surface area (Å²) in [6.45, 7) is 0. The van der Waals surface area contributed by atoms with Gasteiger partial charge in [-0.15, -0.1) is 21.5 Å². The molecule has 0 atom stereocenters. The molecular formula is C19H12Cl2N6S. The lowest BCUT2D eigenvalue weighted by atomic mass is 9.98. The maximum atomic E-state index is 10.0. The van der Waals surface area contributed by atoms with Crippen LogP contribution in [0, 0.1) is 11.3 Å². The molecule has 0 radical (unpaired) electrons. The van der Waals surface area contributed by atoms with E-state index in [1.54, 1.807) is 25.4 Å². The number of hydrogen-bond acceptors (Lipinski definition) is 6. The van der Waals surface area contributed by atoms with Gasteiger partial charge in [0, 0.05) is 34.4 Å². The SMILES string of the molecule is CNc1cc(-c2sc(-c3nnc[nH]3)c(-c3ccc(Cl)cc3Cl)c2C#N)ccn1. The number of rotatable bonds is 4. The monoisotopic (exact) mass is 426 g/mol. The van der Waals surface area contributed by atoms with Crippen molar-refractivity contribution in [3.8, 4) is 38.3 Å². The van der Waals surface area contributed by atoms with Crippen molar-refractivity contribution < 1.29 is 0 Å². The van der Waals surface area contributed by atoms with Crippen LogP contribution in [0.25, 0.3) is 32.3 Å². The van der Waals surface area contributed by atoms with Gasteiger partial charge in [0.2, 0.25) is 0 Å². The van der Waals surface area contributed by atoms with Gasteiger partial charge in [0.15, 0.2) is 5.82 Å². The Morgan fingerprint density at radius 2 is 2.04 bits per heavy atom. The smallest absolute Gasteiger partial charge is 0.171 e. The summed E-state index contributed by atoms with van der Waals surface area (Å²) in [5.41, 5.74) is 2.79. The molecule has 0 amide bonds. The molecule has 2 N–H and O–H groups in total. The van der Waals surface area contributed by atoms with Gasteiger partial charge >= 0.3 is 0 Å². The van der Waals surface area contributed by atoms with Crippen LogP contribution in [0.1, 0.15) is 5.56 Å². The molecule has 4 aromatic rings. The predicted molar refractivity (Wildman–Crippen MR) is 113 cm³/mol. The van der Waals surface area contributed by atoms with E-state index < -0.39 is 0 Å². The van der Waals surface area contributed by atoms with Gasteiger partial charge in [0.05, 0.1) is 15.3 Å². The highest BCUT2D eigenvalue weighted by Crippen LogP contribution is 2.48. The van der Waals surface area contributed by atoms with Crippen LogP contribution < -0.4 is 5.32 Å². The number of nitriles is 1. The maximum Gasteiger partial charge on any atom is 0.171 e. The third kappa shape index (κ3) is 3.22. The van der Waals surface area contributed by atoms with Crippen LogP contribution in [0.2, 0.25) is 10.0 Å². The third-order valence-electron chi connectivity index (χ3n) is 4.13. The van der Waals surface area contributed by atoms with E-state index in [0.29, 0.717) is 38.4 Å².